The van der Waals surface area contributed by atoms with Crippen LogP contribution >= 0.6 is 0 Å². The van der Waals surface area contributed by atoms with Crippen molar-refractivity contribution in [3.63, 3.8) is 0 Å². The van der Waals surface area contributed by atoms with E-state index in [-0.39, 0.29) is 18.1 Å². The van der Waals surface area contributed by atoms with Crippen molar-refractivity contribution in [2.75, 3.05) is 16.8 Å². The summed E-state index contributed by atoms with van der Waals surface area (Å²) in [7, 11) is -3.17. The molecule has 0 aliphatic carbocycles. The summed E-state index contributed by atoms with van der Waals surface area (Å²) in [5.74, 6) is -0.449. The van der Waals surface area contributed by atoms with Gasteiger partial charge in [0.15, 0.2) is 9.84 Å². The number of nitrogen functional groups attached to an aromatic ring is 1. The Morgan fingerprint density at radius 1 is 1.28 bits per heavy atom. The molecule has 0 bridgehead atoms. The number of nitrogens with one attached hydrogen (secondary N) is 1. The molecule has 1 amide bonds. The standard InChI is InChI=1S/C12H18N2O3S/c1-9(2)18(16,17)8-7-12(15)14-11-5-3-10(13)4-6-11/h3-6,9H,7-8,13H2,1-2H3,(H,14,15). The topological polar surface area (TPSA) is 89.3 Å². The fourth-order valence-electron chi connectivity index (χ4n) is 1.26. The molecule has 0 spiro atoms. The van der Waals surface area contributed by atoms with Crippen molar-refractivity contribution < 1.29 is 13.2 Å². The van der Waals surface area contributed by atoms with Gasteiger partial charge in [-0.05, 0) is 38.1 Å². The number of benzene rings is 1. The van der Waals surface area contributed by atoms with Crippen molar-refractivity contribution in [2.45, 2.75) is 25.5 Å². The van der Waals surface area contributed by atoms with Crippen molar-refractivity contribution in [3.8, 4) is 0 Å². The predicted molar refractivity (Wildman–Crippen MR) is 73.0 cm³/mol. The van der Waals surface area contributed by atoms with E-state index in [1.165, 1.54) is 0 Å². The van der Waals surface area contributed by atoms with Gasteiger partial charge in [-0.15, -0.1) is 0 Å². The minimum Gasteiger partial charge on any atom is -0.399 e. The van der Waals surface area contributed by atoms with Crippen molar-refractivity contribution in [3.05, 3.63) is 24.3 Å². The third-order valence-electron chi connectivity index (χ3n) is 2.53. The number of carbonyl (C=O) groups is 1. The van der Waals surface area contributed by atoms with E-state index in [9.17, 15) is 13.2 Å². The monoisotopic (exact) mass is 270 g/mol. The van der Waals surface area contributed by atoms with Gasteiger partial charge in [0.05, 0.1) is 11.0 Å². The molecule has 1 aromatic carbocycles. The summed E-state index contributed by atoms with van der Waals surface area (Å²) in [6.45, 7) is 3.21. The summed E-state index contributed by atoms with van der Waals surface area (Å²) < 4.78 is 23.1. The first-order valence-corrected chi connectivity index (χ1v) is 7.40. The molecule has 6 heteroatoms. The number of hydrogen-bond acceptors (Lipinski definition) is 4. The summed E-state index contributed by atoms with van der Waals surface area (Å²) in [6.07, 6.45) is -0.0368. The zero-order valence-electron chi connectivity index (χ0n) is 10.5. The normalized spacial score (nSPS) is 11.5. The van der Waals surface area contributed by atoms with Crippen LogP contribution in [0.3, 0.4) is 0 Å². The van der Waals surface area contributed by atoms with Gasteiger partial charge in [0, 0.05) is 17.8 Å². The molecule has 5 nitrogen and oxygen atoms in total. The molecule has 0 fully saturated rings. The number of sulfone groups is 1. The van der Waals surface area contributed by atoms with Crippen LogP contribution in [0.5, 0.6) is 0 Å². The number of hydrogen-bond donors (Lipinski definition) is 2. The Hall–Kier alpha value is -1.56. The lowest BCUT2D eigenvalue weighted by molar-refractivity contribution is -0.115. The molecule has 0 unspecified atom stereocenters. The molecular weight excluding hydrogens is 252 g/mol. The largest absolute Gasteiger partial charge is 0.399 e. The van der Waals surface area contributed by atoms with E-state index in [2.05, 4.69) is 5.32 Å². The molecule has 1 aromatic rings. The maximum Gasteiger partial charge on any atom is 0.225 e. The van der Waals surface area contributed by atoms with Crippen LogP contribution in [0.15, 0.2) is 24.3 Å². The van der Waals surface area contributed by atoms with Gasteiger partial charge in [-0.2, -0.15) is 0 Å². The van der Waals surface area contributed by atoms with E-state index >= 15 is 0 Å². The van der Waals surface area contributed by atoms with Crippen LogP contribution < -0.4 is 11.1 Å². The zero-order chi connectivity index (χ0) is 13.8. The Bertz CT molecular complexity index is 507. The van der Waals surface area contributed by atoms with Gasteiger partial charge in [-0.25, -0.2) is 8.42 Å². The Kier molecular flexibility index (Phi) is 4.72. The maximum absolute atomic E-state index is 11.6. The second-order valence-electron chi connectivity index (χ2n) is 4.34. The van der Waals surface area contributed by atoms with Gasteiger partial charge in [0.25, 0.3) is 0 Å². The number of nitrogens with two attached hydrogens (primary N) is 1. The molecule has 18 heavy (non-hydrogen) atoms. The molecule has 0 aliphatic heterocycles. The predicted octanol–water partition coefficient (Wildman–Crippen LogP) is 1.42. The second kappa shape index (κ2) is 5.86. The van der Waals surface area contributed by atoms with Gasteiger partial charge < -0.3 is 11.1 Å². The van der Waals surface area contributed by atoms with E-state index in [1.807, 2.05) is 0 Å². The molecule has 0 aliphatic rings. The molecule has 100 valence electrons. The summed E-state index contributed by atoms with van der Waals surface area (Å²) in [6, 6.07) is 6.68. The SMILES string of the molecule is CC(C)S(=O)(=O)CCC(=O)Nc1ccc(N)cc1. The number of rotatable bonds is 5. The van der Waals surface area contributed by atoms with Crippen LogP contribution in [-0.4, -0.2) is 25.3 Å². The average Bonchev–Trinajstić information content (AvgIpc) is 2.29. The Labute approximate surface area is 107 Å². The third-order valence-corrected chi connectivity index (χ3v) is 4.74. The summed E-state index contributed by atoms with van der Waals surface area (Å²) in [5.41, 5.74) is 6.73. The van der Waals surface area contributed by atoms with Crippen LogP contribution in [0.25, 0.3) is 0 Å². The fourth-order valence-corrected chi connectivity index (χ4v) is 2.20. The highest BCUT2D eigenvalue weighted by Crippen LogP contribution is 2.11. The van der Waals surface area contributed by atoms with Crippen LogP contribution in [-0.2, 0) is 14.6 Å². The second-order valence-corrected chi connectivity index (χ2v) is 7.01. The van der Waals surface area contributed by atoms with Crippen molar-refractivity contribution in [1.82, 2.24) is 0 Å². The Balaban J connectivity index is 2.50. The molecule has 3 N–H and O–H groups in total. The van der Waals surface area contributed by atoms with E-state index in [4.69, 9.17) is 5.73 Å². The smallest absolute Gasteiger partial charge is 0.225 e. The summed E-state index contributed by atoms with van der Waals surface area (Å²) in [5, 5.41) is 2.17. The fraction of sp³-hybridized carbons (Fsp3) is 0.417. The Morgan fingerprint density at radius 3 is 2.33 bits per heavy atom. The molecule has 0 saturated heterocycles. The van der Waals surface area contributed by atoms with E-state index in [0.29, 0.717) is 11.4 Å². The lowest BCUT2D eigenvalue weighted by Gasteiger charge is -2.08. The molecule has 0 aromatic heterocycles. The van der Waals surface area contributed by atoms with Crippen molar-refractivity contribution >= 4 is 27.1 Å². The lowest BCUT2D eigenvalue weighted by Crippen LogP contribution is -2.22. The highest BCUT2D eigenvalue weighted by Gasteiger charge is 2.17. The van der Waals surface area contributed by atoms with Crippen LogP contribution in [0.2, 0.25) is 0 Å². The van der Waals surface area contributed by atoms with Crippen LogP contribution in [0, 0.1) is 0 Å². The molecule has 0 saturated carbocycles. The van der Waals surface area contributed by atoms with Gasteiger partial charge >= 0.3 is 0 Å². The van der Waals surface area contributed by atoms with Gasteiger partial charge in [0.1, 0.15) is 0 Å². The zero-order valence-corrected chi connectivity index (χ0v) is 11.3. The number of carbonyl (C=O) groups excluding carboxylic acids is 1. The Morgan fingerprint density at radius 2 is 1.83 bits per heavy atom. The van der Waals surface area contributed by atoms with Gasteiger partial charge in [0.2, 0.25) is 5.91 Å². The van der Waals surface area contributed by atoms with Crippen LogP contribution in [0.1, 0.15) is 20.3 Å². The third kappa shape index (κ3) is 4.37. The highest BCUT2D eigenvalue weighted by molar-refractivity contribution is 7.91. The minimum atomic E-state index is -3.17. The quantitative estimate of drug-likeness (QED) is 0.792. The number of amides is 1. The molecule has 1 rings (SSSR count). The first-order valence-electron chi connectivity index (χ1n) is 5.68. The number of anilines is 2. The first-order chi connectivity index (χ1) is 8.31. The van der Waals surface area contributed by atoms with E-state index in [1.54, 1.807) is 38.1 Å². The van der Waals surface area contributed by atoms with Crippen LogP contribution in [0.4, 0.5) is 11.4 Å². The summed E-state index contributed by atoms with van der Waals surface area (Å²) in [4.78, 5) is 11.6. The lowest BCUT2D eigenvalue weighted by atomic mass is 10.3. The van der Waals surface area contributed by atoms with E-state index < -0.39 is 15.1 Å². The van der Waals surface area contributed by atoms with E-state index in [0.717, 1.165) is 0 Å². The minimum absolute atomic E-state index is 0.0368. The van der Waals surface area contributed by atoms with Gasteiger partial charge in [-0.1, -0.05) is 0 Å². The first kappa shape index (κ1) is 14.5. The maximum atomic E-state index is 11.6. The van der Waals surface area contributed by atoms with Crippen molar-refractivity contribution in [2.24, 2.45) is 0 Å². The van der Waals surface area contributed by atoms with Crippen molar-refractivity contribution in [1.29, 1.82) is 0 Å². The molecule has 0 heterocycles. The summed E-state index contributed by atoms with van der Waals surface area (Å²) >= 11 is 0. The molecule has 0 atom stereocenters. The highest BCUT2D eigenvalue weighted by atomic mass is 32.2. The average molecular weight is 270 g/mol. The molecular formula is C12H18N2O3S. The molecule has 0 radical (unpaired) electrons. The van der Waals surface area contributed by atoms with Gasteiger partial charge in [-0.3, -0.25) is 4.79 Å².